The van der Waals surface area contributed by atoms with Gasteiger partial charge in [0.25, 0.3) is 5.56 Å². The predicted octanol–water partition coefficient (Wildman–Crippen LogP) is 3.90. The Morgan fingerprint density at radius 3 is 2.48 bits per heavy atom. The fraction of sp³-hybridized carbons (Fsp3) is 0.318. The first-order valence-electron chi connectivity index (χ1n) is 9.06. The van der Waals surface area contributed by atoms with Gasteiger partial charge in [0.2, 0.25) is 0 Å². The molecule has 1 heterocycles. The average molecular weight is 364 g/mol. The van der Waals surface area contributed by atoms with Crippen LogP contribution in [-0.2, 0) is 28.0 Å². The van der Waals surface area contributed by atoms with Crippen molar-refractivity contribution >= 4 is 16.9 Å². The van der Waals surface area contributed by atoms with Crippen LogP contribution in [0, 0.1) is 0 Å². The third-order valence-corrected chi connectivity index (χ3v) is 4.45. The first-order chi connectivity index (χ1) is 12.8. The van der Waals surface area contributed by atoms with Gasteiger partial charge in [0.15, 0.2) is 0 Å². The highest BCUT2D eigenvalue weighted by Crippen LogP contribution is 2.22. The summed E-state index contributed by atoms with van der Waals surface area (Å²) in [6.45, 7) is 6.72. The van der Waals surface area contributed by atoms with E-state index in [0.29, 0.717) is 23.1 Å². The molecule has 1 aromatic heterocycles. The Bertz CT molecular complexity index is 998. The minimum Gasteiger partial charge on any atom is -0.461 e. The molecule has 0 saturated carbocycles. The van der Waals surface area contributed by atoms with E-state index in [1.54, 1.807) is 18.2 Å². The van der Waals surface area contributed by atoms with Crippen LogP contribution in [0.1, 0.15) is 44.1 Å². The van der Waals surface area contributed by atoms with E-state index in [0.717, 1.165) is 5.56 Å². The van der Waals surface area contributed by atoms with Crippen LogP contribution in [0.4, 0.5) is 0 Å². The molecule has 1 N–H and O–H groups in total. The molecule has 0 aliphatic carbocycles. The topological polar surface area (TPSA) is 72.0 Å². The summed E-state index contributed by atoms with van der Waals surface area (Å²) in [5.41, 5.74) is 2.72. The third-order valence-electron chi connectivity index (χ3n) is 4.45. The van der Waals surface area contributed by atoms with Crippen molar-refractivity contribution in [1.29, 1.82) is 0 Å². The molecule has 0 amide bonds. The number of carbonyl (C=O) groups excluding carboxylic acids is 1. The molecule has 27 heavy (non-hydrogen) atoms. The summed E-state index contributed by atoms with van der Waals surface area (Å²) in [6, 6.07) is 15.2. The molecule has 140 valence electrons. The molecule has 0 spiro atoms. The fourth-order valence-electron chi connectivity index (χ4n) is 2.81. The van der Waals surface area contributed by atoms with Crippen LogP contribution in [-0.4, -0.2) is 15.9 Å². The van der Waals surface area contributed by atoms with E-state index < -0.39 is 0 Å². The average Bonchev–Trinajstić information content (AvgIpc) is 2.64. The van der Waals surface area contributed by atoms with E-state index in [9.17, 15) is 9.59 Å². The molecule has 0 aliphatic heterocycles. The molecular weight excluding hydrogens is 340 g/mol. The van der Waals surface area contributed by atoms with Crippen molar-refractivity contribution in [2.75, 3.05) is 0 Å². The zero-order valence-corrected chi connectivity index (χ0v) is 15.9. The number of aromatic nitrogens is 2. The van der Waals surface area contributed by atoms with E-state index in [2.05, 4.69) is 42.9 Å². The van der Waals surface area contributed by atoms with Crippen molar-refractivity contribution in [2.24, 2.45) is 0 Å². The monoisotopic (exact) mass is 364 g/mol. The number of carbonyl (C=O) groups is 1. The van der Waals surface area contributed by atoms with Crippen LogP contribution in [0.25, 0.3) is 10.9 Å². The molecule has 0 aliphatic rings. The summed E-state index contributed by atoms with van der Waals surface area (Å²) >= 11 is 0. The normalized spacial score (nSPS) is 11.5. The van der Waals surface area contributed by atoms with Gasteiger partial charge >= 0.3 is 5.97 Å². The first kappa shape index (κ1) is 18.8. The number of nitrogens with zero attached hydrogens (tertiary/aromatic N) is 1. The fourth-order valence-corrected chi connectivity index (χ4v) is 2.81. The Morgan fingerprint density at radius 1 is 1.07 bits per heavy atom. The number of hydrogen-bond acceptors (Lipinski definition) is 4. The molecule has 2 aromatic carbocycles. The van der Waals surface area contributed by atoms with Gasteiger partial charge in [-0.05, 0) is 28.7 Å². The standard InChI is InChI=1S/C22H24N2O3/c1-22(2,3)16-10-8-15(9-11-16)14-27-20(25)13-12-19-23-18-7-5-4-6-17(18)21(26)24-19/h4-11H,12-14H2,1-3H3,(H,23,24,26). The number of H-pyrrole nitrogens is 1. The summed E-state index contributed by atoms with van der Waals surface area (Å²) in [4.78, 5) is 31.2. The Balaban J connectivity index is 1.55. The highest BCUT2D eigenvalue weighted by molar-refractivity contribution is 5.77. The molecule has 0 fully saturated rings. The van der Waals surface area contributed by atoms with Crippen LogP contribution < -0.4 is 5.56 Å². The number of rotatable bonds is 5. The van der Waals surface area contributed by atoms with Crippen molar-refractivity contribution < 1.29 is 9.53 Å². The lowest BCUT2D eigenvalue weighted by molar-refractivity contribution is -0.144. The molecule has 5 heteroatoms. The van der Waals surface area contributed by atoms with Crippen LogP contribution in [0.5, 0.6) is 0 Å². The maximum absolute atomic E-state index is 12.0. The SMILES string of the molecule is CC(C)(C)c1ccc(COC(=O)CCc2nc3ccccc3c(=O)[nH]2)cc1. The van der Waals surface area contributed by atoms with Gasteiger partial charge in [0, 0.05) is 6.42 Å². The zero-order valence-electron chi connectivity index (χ0n) is 15.9. The molecule has 3 rings (SSSR count). The molecule has 5 nitrogen and oxygen atoms in total. The Morgan fingerprint density at radius 2 is 1.78 bits per heavy atom. The van der Waals surface area contributed by atoms with Gasteiger partial charge in [0.05, 0.1) is 17.3 Å². The summed E-state index contributed by atoms with van der Waals surface area (Å²) in [5.74, 6) is 0.177. The summed E-state index contributed by atoms with van der Waals surface area (Å²) in [6.07, 6.45) is 0.503. The number of para-hydroxylation sites is 1. The van der Waals surface area contributed by atoms with Crippen LogP contribution in [0.15, 0.2) is 53.3 Å². The lowest BCUT2D eigenvalue weighted by atomic mass is 9.87. The largest absolute Gasteiger partial charge is 0.461 e. The van der Waals surface area contributed by atoms with E-state index >= 15 is 0 Å². The van der Waals surface area contributed by atoms with E-state index in [4.69, 9.17) is 4.74 Å². The number of esters is 1. The number of aromatic amines is 1. The van der Waals surface area contributed by atoms with Gasteiger partial charge in [0.1, 0.15) is 12.4 Å². The minimum absolute atomic E-state index is 0.0962. The molecule has 0 unspecified atom stereocenters. The maximum Gasteiger partial charge on any atom is 0.306 e. The third kappa shape index (κ3) is 4.82. The van der Waals surface area contributed by atoms with Crippen molar-refractivity contribution in [3.8, 4) is 0 Å². The number of hydrogen-bond donors (Lipinski definition) is 1. The van der Waals surface area contributed by atoms with Gasteiger partial charge in [-0.25, -0.2) is 4.98 Å². The minimum atomic E-state index is -0.314. The summed E-state index contributed by atoms with van der Waals surface area (Å²) in [5, 5.41) is 0.544. The maximum atomic E-state index is 12.0. The van der Waals surface area contributed by atoms with Crippen molar-refractivity contribution in [1.82, 2.24) is 9.97 Å². The first-order valence-corrected chi connectivity index (χ1v) is 9.06. The van der Waals surface area contributed by atoms with Crippen molar-refractivity contribution in [3.05, 3.63) is 75.8 Å². The summed E-state index contributed by atoms with van der Waals surface area (Å²) in [7, 11) is 0. The lowest BCUT2D eigenvalue weighted by Gasteiger charge is -2.19. The van der Waals surface area contributed by atoms with Gasteiger partial charge in [-0.2, -0.15) is 0 Å². The number of fused-ring (bicyclic) bond motifs is 1. The second-order valence-electron chi connectivity index (χ2n) is 7.64. The number of nitrogens with one attached hydrogen (secondary N) is 1. The van der Waals surface area contributed by atoms with Gasteiger partial charge < -0.3 is 9.72 Å². The van der Waals surface area contributed by atoms with Gasteiger partial charge in [-0.15, -0.1) is 0 Å². The molecule has 0 bridgehead atoms. The van der Waals surface area contributed by atoms with Crippen molar-refractivity contribution in [3.63, 3.8) is 0 Å². The van der Waals surface area contributed by atoms with Crippen LogP contribution >= 0.6 is 0 Å². The predicted molar refractivity (Wildman–Crippen MR) is 106 cm³/mol. The zero-order chi connectivity index (χ0) is 19.4. The van der Waals surface area contributed by atoms with E-state index in [1.807, 2.05) is 18.2 Å². The van der Waals surface area contributed by atoms with Crippen molar-refractivity contribution in [2.45, 2.75) is 45.6 Å². The quantitative estimate of drug-likeness (QED) is 0.697. The van der Waals surface area contributed by atoms with Crippen LogP contribution in [0.2, 0.25) is 0 Å². The number of ether oxygens (including phenoxy) is 1. The molecule has 0 saturated heterocycles. The second-order valence-corrected chi connectivity index (χ2v) is 7.64. The van der Waals surface area contributed by atoms with Crippen LogP contribution in [0.3, 0.4) is 0 Å². The molecule has 0 radical (unpaired) electrons. The molecule has 3 aromatic rings. The van der Waals surface area contributed by atoms with Gasteiger partial charge in [-0.1, -0.05) is 57.2 Å². The smallest absolute Gasteiger partial charge is 0.306 e. The Kier molecular flexibility index (Phi) is 5.40. The molecule has 0 atom stereocenters. The Labute approximate surface area is 158 Å². The highest BCUT2D eigenvalue weighted by atomic mass is 16.5. The number of aryl methyl sites for hydroxylation is 1. The van der Waals surface area contributed by atoms with E-state index in [-0.39, 0.29) is 30.0 Å². The highest BCUT2D eigenvalue weighted by Gasteiger charge is 2.13. The van der Waals surface area contributed by atoms with E-state index in [1.165, 1.54) is 5.56 Å². The lowest BCUT2D eigenvalue weighted by Crippen LogP contribution is -2.14. The van der Waals surface area contributed by atoms with Gasteiger partial charge in [-0.3, -0.25) is 9.59 Å². The second kappa shape index (κ2) is 7.74. The Hall–Kier alpha value is -2.95. The number of benzene rings is 2. The summed E-state index contributed by atoms with van der Waals surface area (Å²) < 4.78 is 5.33. The molecular formula is C22H24N2O3.